The van der Waals surface area contributed by atoms with E-state index in [4.69, 9.17) is 11.6 Å². The second-order valence-electron chi connectivity index (χ2n) is 10.8. The molecule has 0 fully saturated rings. The van der Waals surface area contributed by atoms with Gasteiger partial charge in [-0.3, -0.25) is 13.9 Å². The molecule has 0 aliphatic heterocycles. The number of carbonyl (C=O) groups excluding carboxylic acids is 2. The summed E-state index contributed by atoms with van der Waals surface area (Å²) in [6.45, 7) is 9.62. The maximum Gasteiger partial charge on any atom is 0.264 e. The van der Waals surface area contributed by atoms with Crippen molar-refractivity contribution >= 4 is 39.1 Å². The van der Waals surface area contributed by atoms with Crippen LogP contribution in [-0.2, 0) is 26.2 Å². The first-order chi connectivity index (χ1) is 18.6. The van der Waals surface area contributed by atoms with Gasteiger partial charge in [0.05, 0.1) is 10.6 Å². The topological polar surface area (TPSA) is 86.8 Å². The molecular formula is C30H35ClFN3O4S. The van der Waals surface area contributed by atoms with Crippen LogP contribution in [0.25, 0.3) is 0 Å². The van der Waals surface area contributed by atoms with Crippen LogP contribution in [0.15, 0.2) is 71.6 Å². The van der Waals surface area contributed by atoms with Gasteiger partial charge < -0.3 is 10.2 Å². The quantitative estimate of drug-likeness (QED) is 0.352. The average molecular weight is 588 g/mol. The predicted octanol–water partition coefficient (Wildman–Crippen LogP) is 5.62. The predicted molar refractivity (Wildman–Crippen MR) is 156 cm³/mol. The van der Waals surface area contributed by atoms with Gasteiger partial charge in [-0.15, -0.1) is 0 Å². The van der Waals surface area contributed by atoms with E-state index in [1.807, 2.05) is 6.92 Å². The molecular weight excluding hydrogens is 553 g/mol. The van der Waals surface area contributed by atoms with Crippen LogP contribution in [0.2, 0.25) is 5.02 Å². The summed E-state index contributed by atoms with van der Waals surface area (Å²) in [5, 5.41) is 3.25. The lowest BCUT2D eigenvalue weighted by atomic mass is 10.1. The Morgan fingerprint density at radius 2 is 1.62 bits per heavy atom. The summed E-state index contributed by atoms with van der Waals surface area (Å²) in [6, 6.07) is 15.9. The van der Waals surface area contributed by atoms with Gasteiger partial charge >= 0.3 is 0 Å². The number of anilines is 1. The van der Waals surface area contributed by atoms with Crippen LogP contribution >= 0.6 is 11.6 Å². The lowest BCUT2D eigenvalue weighted by Gasteiger charge is -2.34. The zero-order valence-corrected chi connectivity index (χ0v) is 25.1. The minimum Gasteiger partial charge on any atom is -0.350 e. The number of aryl methyl sites for hydroxylation is 2. The molecule has 0 unspecified atom stereocenters. The fourth-order valence-electron chi connectivity index (χ4n) is 4.12. The van der Waals surface area contributed by atoms with E-state index in [2.05, 4.69) is 5.32 Å². The largest absolute Gasteiger partial charge is 0.350 e. The number of rotatable bonds is 9. The van der Waals surface area contributed by atoms with Crippen molar-refractivity contribution in [2.45, 2.75) is 64.6 Å². The highest BCUT2D eigenvalue weighted by atomic mass is 35.5. The van der Waals surface area contributed by atoms with E-state index in [9.17, 15) is 22.4 Å². The molecule has 0 aliphatic carbocycles. The molecule has 0 saturated heterocycles. The first-order valence-corrected chi connectivity index (χ1v) is 14.6. The van der Waals surface area contributed by atoms with E-state index in [0.717, 1.165) is 9.87 Å². The number of nitrogens with zero attached hydrogens (tertiary/aromatic N) is 2. The standard InChI is InChI=1S/C30H35ClFN3O4S/c1-20-11-14-25(15-12-20)40(38,39)35(27-16-13-24(31)17-21(27)2)19-28(36)34(18-23-9-7-8-10-26(23)32)22(3)29(37)33-30(4,5)6/h7-17,22H,18-19H2,1-6H3,(H,33,37)/t22-/m1/s1. The third kappa shape index (κ3) is 7.61. The highest BCUT2D eigenvalue weighted by molar-refractivity contribution is 7.92. The Morgan fingerprint density at radius 3 is 2.20 bits per heavy atom. The minimum atomic E-state index is -4.22. The molecule has 0 saturated carbocycles. The lowest BCUT2D eigenvalue weighted by Crippen LogP contribution is -2.54. The molecule has 0 radical (unpaired) electrons. The second-order valence-corrected chi connectivity index (χ2v) is 13.1. The van der Waals surface area contributed by atoms with Gasteiger partial charge in [-0.1, -0.05) is 47.5 Å². The van der Waals surface area contributed by atoms with Crippen molar-refractivity contribution < 1.29 is 22.4 Å². The minimum absolute atomic E-state index is 0.000530. The number of amides is 2. The molecule has 1 N–H and O–H groups in total. The SMILES string of the molecule is Cc1ccc(S(=O)(=O)N(CC(=O)N(Cc2ccccc2F)[C@H](C)C(=O)NC(C)(C)C)c2ccc(Cl)cc2C)cc1. The average Bonchev–Trinajstić information content (AvgIpc) is 2.86. The molecule has 10 heteroatoms. The van der Waals surface area contributed by atoms with Crippen LogP contribution in [0, 0.1) is 19.7 Å². The zero-order chi connectivity index (χ0) is 29.8. The van der Waals surface area contributed by atoms with Crippen molar-refractivity contribution in [3.05, 3.63) is 94.3 Å². The van der Waals surface area contributed by atoms with Gasteiger partial charge in [0, 0.05) is 22.7 Å². The number of hydrogen-bond acceptors (Lipinski definition) is 4. The van der Waals surface area contributed by atoms with Gasteiger partial charge in [0.2, 0.25) is 11.8 Å². The van der Waals surface area contributed by atoms with Gasteiger partial charge in [-0.25, -0.2) is 12.8 Å². The number of nitrogens with one attached hydrogen (secondary N) is 1. The van der Waals surface area contributed by atoms with Crippen LogP contribution in [0.3, 0.4) is 0 Å². The molecule has 7 nitrogen and oxygen atoms in total. The first-order valence-electron chi connectivity index (χ1n) is 12.8. The van der Waals surface area contributed by atoms with Gasteiger partial charge in [0.25, 0.3) is 10.0 Å². The van der Waals surface area contributed by atoms with Crippen LogP contribution < -0.4 is 9.62 Å². The van der Waals surface area contributed by atoms with Crippen LogP contribution in [0.5, 0.6) is 0 Å². The van der Waals surface area contributed by atoms with E-state index in [1.165, 1.54) is 48.2 Å². The Morgan fingerprint density at radius 1 is 1.00 bits per heavy atom. The molecule has 0 heterocycles. The summed E-state index contributed by atoms with van der Waals surface area (Å²) in [5.41, 5.74) is 1.28. The summed E-state index contributed by atoms with van der Waals surface area (Å²) >= 11 is 6.14. The van der Waals surface area contributed by atoms with Gasteiger partial charge in [-0.2, -0.15) is 0 Å². The second kappa shape index (κ2) is 12.4. The van der Waals surface area contributed by atoms with E-state index in [0.29, 0.717) is 10.6 Å². The molecule has 40 heavy (non-hydrogen) atoms. The van der Waals surface area contributed by atoms with E-state index < -0.39 is 45.8 Å². The Kier molecular flexibility index (Phi) is 9.64. The van der Waals surface area contributed by atoms with Crippen molar-refractivity contribution in [2.75, 3.05) is 10.8 Å². The van der Waals surface area contributed by atoms with Crippen LogP contribution in [0.4, 0.5) is 10.1 Å². The molecule has 0 spiro atoms. The summed E-state index contributed by atoms with van der Waals surface area (Å²) in [7, 11) is -4.22. The normalized spacial score (nSPS) is 12.5. The maximum absolute atomic E-state index is 14.7. The van der Waals surface area contributed by atoms with Crippen molar-refractivity contribution in [1.29, 1.82) is 0 Å². The van der Waals surface area contributed by atoms with E-state index in [1.54, 1.807) is 58.0 Å². The molecule has 3 rings (SSSR count). The lowest BCUT2D eigenvalue weighted by molar-refractivity contribution is -0.140. The number of benzene rings is 3. The number of carbonyl (C=O) groups is 2. The summed E-state index contributed by atoms with van der Waals surface area (Å²) in [4.78, 5) is 28.3. The summed E-state index contributed by atoms with van der Waals surface area (Å²) in [6.07, 6.45) is 0. The third-order valence-corrected chi connectivity index (χ3v) is 8.29. The molecule has 0 aromatic heterocycles. The van der Waals surface area contributed by atoms with Gasteiger partial charge in [0.15, 0.2) is 0 Å². The Balaban J connectivity index is 2.08. The third-order valence-electron chi connectivity index (χ3n) is 6.28. The maximum atomic E-state index is 14.7. The fraction of sp³-hybridized carbons (Fsp3) is 0.333. The molecule has 0 bridgehead atoms. The summed E-state index contributed by atoms with van der Waals surface area (Å²) in [5.74, 6) is -1.67. The fourth-order valence-corrected chi connectivity index (χ4v) is 5.82. The molecule has 214 valence electrons. The van der Waals surface area contributed by atoms with E-state index in [-0.39, 0.29) is 22.7 Å². The summed E-state index contributed by atoms with van der Waals surface area (Å²) < 4.78 is 43.5. The van der Waals surface area contributed by atoms with Crippen molar-refractivity contribution in [2.24, 2.45) is 0 Å². The number of halogens is 2. The Labute approximate surface area is 241 Å². The Bertz CT molecular complexity index is 1490. The highest BCUT2D eigenvalue weighted by Crippen LogP contribution is 2.29. The molecule has 1 atom stereocenters. The molecule has 3 aromatic rings. The van der Waals surface area contributed by atoms with E-state index >= 15 is 0 Å². The number of sulfonamides is 1. The highest BCUT2D eigenvalue weighted by Gasteiger charge is 2.34. The molecule has 2 amide bonds. The van der Waals surface area contributed by atoms with Gasteiger partial charge in [-0.05, 0) is 83.5 Å². The van der Waals surface area contributed by atoms with Gasteiger partial charge in [0.1, 0.15) is 18.4 Å². The Hall–Kier alpha value is -3.43. The van der Waals surface area contributed by atoms with Crippen molar-refractivity contribution in [3.8, 4) is 0 Å². The number of hydrogen-bond donors (Lipinski definition) is 1. The van der Waals surface area contributed by atoms with Crippen molar-refractivity contribution in [3.63, 3.8) is 0 Å². The van der Waals surface area contributed by atoms with Crippen LogP contribution in [0.1, 0.15) is 44.4 Å². The smallest absolute Gasteiger partial charge is 0.264 e. The monoisotopic (exact) mass is 587 g/mol. The zero-order valence-electron chi connectivity index (χ0n) is 23.5. The van der Waals surface area contributed by atoms with Crippen molar-refractivity contribution in [1.82, 2.24) is 10.2 Å². The molecule has 3 aromatic carbocycles. The van der Waals surface area contributed by atoms with Crippen LogP contribution in [-0.4, -0.2) is 43.3 Å². The molecule has 0 aliphatic rings. The first kappa shape index (κ1) is 31.1.